The van der Waals surface area contributed by atoms with Crippen LogP contribution in [0.4, 0.5) is 10.2 Å². The van der Waals surface area contributed by atoms with E-state index in [9.17, 15) is 14.3 Å². The first-order valence-electron chi connectivity index (χ1n) is 6.40. The van der Waals surface area contributed by atoms with Crippen LogP contribution >= 0.6 is 0 Å². The van der Waals surface area contributed by atoms with E-state index in [0.717, 1.165) is 17.8 Å². The highest BCUT2D eigenvalue weighted by molar-refractivity contribution is 5.93. The Balaban J connectivity index is 2.36. The maximum absolute atomic E-state index is 13.2. The molecule has 0 atom stereocenters. The highest BCUT2D eigenvalue weighted by atomic mass is 19.1. The molecule has 0 radical (unpaired) electrons. The van der Waals surface area contributed by atoms with E-state index in [4.69, 9.17) is 5.11 Å². The standard InChI is InChI=1S/C15H15FN2O3/c16-12-8-13(15(20)21)14(17-9-12)18(6-7-19)10-11-4-2-1-3-5-11/h1-5,8-9,19H,6-7,10H2,(H,20,21). The van der Waals surface area contributed by atoms with Gasteiger partial charge in [-0.05, 0) is 11.6 Å². The van der Waals surface area contributed by atoms with Crippen molar-refractivity contribution in [1.29, 1.82) is 0 Å². The largest absolute Gasteiger partial charge is 0.478 e. The number of carboxylic acid groups (broad SMARTS) is 1. The lowest BCUT2D eigenvalue weighted by atomic mass is 10.2. The summed E-state index contributed by atoms with van der Waals surface area (Å²) in [7, 11) is 0. The van der Waals surface area contributed by atoms with Crippen LogP contribution in [0.1, 0.15) is 15.9 Å². The Labute approximate surface area is 121 Å². The van der Waals surface area contributed by atoms with Crippen molar-refractivity contribution in [1.82, 2.24) is 4.98 Å². The zero-order valence-electron chi connectivity index (χ0n) is 11.2. The summed E-state index contributed by atoms with van der Waals surface area (Å²) in [5.41, 5.74) is 0.716. The molecule has 0 unspecified atom stereocenters. The summed E-state index contributed by atoms with van der Waals surface area (Å²) in [5, 5.41) is 18.3. The van der Waals surface area contributed by atoms with Gasteiger partial charge in [-0.1, -0.05) is 30.3 Å². The molecule has 5 nitrogen and oxygen atoms in total. The molecule has 0 saturated heterocycles. The number of nitrogens with zero attached hydrogens (tertiary/aromatic N) is 2. The number of carbonyl (C=O) groups is 1. The average molecular weight is 290 g/mol. The molecule has 1 heterocycles. The monoisotopic (exact) mass is 290 g/mol. The molecule has 21 heavy (non-hydrogen) atoms. The minimum absolute atomic E-state index is 0.141. The van der Waals surface area contributed by atoms with E-state index in [0.29, 0.717) is 6.54 Å². The lowest BCUT2D eigenvalue weighted by Crippen LogP contribution is -2.29. The Morgan fingerprint density at radius 3 is 2.62 bits per heavy atom. The van der Waals surface area contributed by atoms with Gasteiger partial charge in [0.25, 0.3) is 0 Å². The number of hydrogen-bond donors (Lipinski definition) is 2. The van der Waals surface area contributed by atoms with Crippen LogP contribution in [0, 0.1) is 5.82 Å². The second-order valence-electron chi connectivity index (χ2n) is 4.46. The third kappa shape index (κ3) is 3.76. The normalized spacial score (nSPS) is 10.4. The highest BCUT2D eigenvalue weighted by Crippen LogP contribution is 2.20. The zero-order valence-corrected chi connectivity index (χ0v) is 11.2. The summed E-state index contributed by atoms with van der Waals surface area (Å²) in [6.07, 6.45) is 0.969. The quantitative estimate of drug-likeness (QED) is 0.850. The maximum Gasteiger partial charge on any atom is 0.339 e. The van der Waals surface area contributed by atoms with Gasteiger partial charge in [0.15, 0.2) is 0 Å². The molecule has 1 aromatic heterocycles. The van der Waals surface area contributed by atoms with Crippen LogP contribution in [0.3, 0.4) is 0 Å². The van der Waals surface area contributed by atoms with Gasteiger partial charge in [-0.25, -0.2) is 14.2 Å². The van der Waals surface area contributed by atoms with Gasteiger partial charge in [-0.2, -0.15) is 0 Å². The number of aromatic nitrogens is 1. The van der Waals surface area contributed by atoms with Gasteiger partial charge in [0.1, 0.15) is 17.2 Å². The van der Waals surface area contributed by atoms with Gasteiger partial charge in [0.2, 0.25) is 0 Å². The zero-order chi connectivity index (χ0) is 15.2. The van der Waals surface area contributed by atoms with E-state index in [2.05, 4.69) is 4.98 Å². The van der Waals surface area contributed by atoms with E-state index >= 15 is 0 Å². The number of pyridine rings is 1. The van der Waals surface area contributed by atoms with E-state index in [1.54, 1.807) is 4.90 Å². The first-order chi connectivity index (χ1) is 10.1. The molecular formula is C15H15FN2O3. The molecule has 6 heteroatoms. The topological polar surface area (TPSA) is 73.7 Å². The summed E-state index contributed by atoms with van der Waals surface area (Å²) < 4.78 is 13.2. The molecule has 0 saturated carbocycles. The fraction of sp³-hybridized carbons (Fsp3) is 0.200. The second kappa shape index (κ2) is 6.81. The Kier molecular flexibility index (Phi) is 4.84. The number of aliphatic hydroxyl groups excluding tert-OH is 1. The number of anilines is 1. The van der Waals surface area contributed by atoms with Gasteiger partial charge in [-0.3, -0.25) is 0 Å². The van der Waals surface area contributed by atoms with Crippen LogP contribution in [0.5, 0.6) is 0 Å². The molecule has 0 spiro atoms. The molecular weight excluding hydrogens is 275 g/mol. The molecule has 1 aromatic carbocycles. The SMILES string of the molecule is O=C(O)c1cc(F)cnc1N(CCO)Cc1ccccc1. The molecule has 0 amide bonds. The number of aliphatic hydroxyl groups is 1. The number of carboxylic acids is 1. The molecule has 2 N–H and O–H groups in total. The van der Waals surface area contributed by atoms with Crippen molar-refractivity contribution in [3.63, 3.8) is 0 Å². The minimum Gasteiger partial charge on any atom is -0.478 e. The van der Waals surface area contributed by atoms with Crippen molar-refractivity contribution in [3.05, 3.63) is 59.5 Å². The molecule has 0 fully saturated rings. The fourth-order valence-electron chi connectivity index (χ4n) is 2.03. The third-order valence-corrected chi connectivity index (χ3v) is 2.95. The molecule has 2 rings (SSSR count). The van der Waals surface area contributed by atoms with Crippen molar-refractivity contribution in [2.75, 3.05) is 18.1 Å². The van der Waals surface area contributed by atoms with E-state index in [1.165, 1.54) is 0 Å². The molecule has 0 aliphatic heterocycles. The van der Waals surface area contributed by atoms with Gasteiger partial charge in [-0.15, -0.1) is 0 Å². The lowest BCUT2D eigenvalue weighted by Gasteiger charge is -2.24. The summed E-state index contributed by atoms with van der Waals surface area (Å²) in [4.78, 5) is 16.7. The van der Waals surface area contributed by atoms with Crippen molar-refractivity contribution in [2.45, 2.75) is 6.54 Å². The molecule has 2 aromatic rings. The van der Waals surface area contributed by atoms with E-state index in [1.807, 2.05) is 30.3 Å². The number of halogens is 1. The van der Waals surface area contributed by atoms with Crippen molar-refractivity contribution < 1.29 is 19.4 Å². The van der Waals surface area contributed by atoms with Crippen LogP contribution < -0.4 is 4.90 Å². The first-order valence-corrected chi connectivity index (χ1v) is 6.40. The minimum atomic E-state index is -1.26. The number of aromatic carboxylic acids is 1. The summed E-state index contributed by atoms with van der Waals surface area (Å²) in [6.45, 7) is 0.416. The second-order valence-corrected chi connectivity index (χ2v) is 4.46. The van der Waals surface area contributed by atoms with Crippen LogP contribution in [0.25, 0.3) is 0 Å². The lowest BCUT2D eigenvalue weighted by molar-refractivity contribution is 0.0696. The summed E-state index contributed by atoms with van der Waals surface area (Å²) in [5.74, 6) is -1.82. The predicted octanol–water partition coefficient (Wildman–Crippen LogP) is 1.92. The maximum atomic E-state index is 13.2. The number of hydrogen-bond acceptors (Lipinski definition) is 4. The van der Waals surface area contributed by atoms with Crippen LogP contribution in [-0.4, -0.2) is 34.3 Å². The molecule has 0 bridgehead atoms. The van der Waals surface area contributed by atoms with E-state index in [-0.39, 0.29) is 24.5 Å². The van der Waals surface area contributed by atoms with Gasteiger partial charge in [0.05, 0.1) is 12.8 Å². The Morgan fingerprint density at radius 1 is 1.29 bits per heavy atom. The number of benzene rings is 1. The first kappa shape index (κ1) is 14.9. The van der Waals surface area contributed by atoms with Crippen LogP contribution in [0.2, 0.25) is 0 Å². The smallest absolute Gasteiger partial charge is 0.339 e. The van der Waals surface area contributed by atoms with Crippen LogP contribution in [-0.2, 0) is 6.54 Å². The van der Waals surface area contributed by atoms with Gasteiger partial charge < -0.3 is 15.1 Å². The number of rotatable bonds is 6. The van der Waals surface area contributed by atoms with Crippen LogP contribution in [0.15, 0.2) is 42.6 Å². The average Bonchev–Trinajstić information content (AvgIpc) is 2.48. The fourth-order valence-corrected chi connectivity index (χ4v) is 2.03. The Bertz CT molecular complexity index is 620. The molecule has 110 valence electrons. The highest BCUT2D eigenvalue weighted by Gasteiger charge is 2.18. The van der Waals surface area contributed by atoms with Crippen molar-refractivity contribution in [3.8, 4) is 0 Å². The van der Waals surface area contributed by atoms with Crippen molar-refractivity contribution >= 4 is 11.8 Å². The van der Waals surface area contributed by atoms with Crippen molar-refractivity contribution in [2.24, 2.45) is 0 Å². The summed E-state index contributed by atoms with van der Waals surface area (Å²) in [6, 6.07) is 10.3. The Hall–Kier alpha value is -2.47. The summed E-state index contributed by atoms with van der Waals surface area (Å²) >= 11 is 0. The van der Waals surface area contributed by atoms with E-state index < -0.39 is 11.8 Å². The Morgan fingerprint density at radius 2 is 2.00 bits per heavy atom. The van der Waals surface area contributed by atoms with Gasteiger partial charge in [0, 0.05) is 13.1 Å². The molecule has 0 aliphatic carbocycles. The third-order valence-electron chi connectivity index (χ3n) is 2.95. The van der Waals surface area contributed by atoms with Gasteiger partial charge >= 0.3 is 5.97 Å². The molecule has 0 aliphatic rings. The predicted molar refractivity (Wildman–Crippen MR) is 75.7 cm³/mol.